The lowest BCUT2D eigenvalue weighted by Gasteiger charge is -2.25. The zero-order valence-electron chi connectivity index (χ0n) is 11.9. The molecule has 19 heavy (non-hydrogen) atoms. The van der Waals surface area contributed by atoms with E-state index in [2.05, 4.69) is 34.4 Å². The van der Waals surface area contributed by atoms with Crippen LogP contribution in [0.1, 0.15) is 33.1 Å². The van der Waals surface area contributed by atoms with Crippen LogP contribution < -0.4 is 16.4 Å². The van der Waals surface area contributed by atoms with E-state index in [-0.39, 0.29) is 5.41 Å². The summed E-state index contributed by atoms with van der Waals surface area (Å²) in [6.07, 6.45) is 5.65. The van der Waals surface area contributed by atoms with Crippen molar-refractivity contribution in [1.29, 1.82) is 0 Å². The Morgan fingerprint density at radius 3 is 2.53 bits per heavy atom. The first kappa shape index (κ1) is 14.1. The quantitative estimate of drug-likeness (QED) is 0.702. The smallest absolute Gasteiger partial charge is 0.131 e. The molecule has 1 aliphatic rings. The summed E-state index contributed by atoms with van der Waals surface area (Å²) in [4.78, 5) is 8.48. The molecule has 0 aromatic carbocycles. The van der Waals surface area contributed by atoms with Crippen LogP contribution in [-0.4, -0.2) is 29.6 Å². The third kappa shape index (κ3) is 4.35. The van der Waals surface area contributed by atoms with Crippen LogP contribution in [0.3, 0.4) is 0 Å². The summed E-state index contributed by atoms with van der Waals surface area (Å²) in [7, 11) is 0. The molecule has 106 valence electrons. The van der Waals surface area contributed by atoms with Crippen molar-refractivity contribution in [3.63, 3.8) is 0 Å². The van der Waals surface area contributed by atoms with Gasteiger partial charge in [-0.15, -0.1) is 0 Å². The van der Waals surface area contributed by atoms with Gasteiger partial charge < -0.3 is 16.4 Å². The van der Waals surface area contributed by atoms with Crippen molar-refractivity contribution in [2.75, 3.05) is 30.3 Å². The van der Waals surface area contributed by atoms with Gasteiger partial charge in [-0.2, -0.15) is 0 Å². The number of anilines is 2. The van der Waals surface area contributed by atoms with Gasteiger partial charge in [-0.1, -0.05) is 20.3 Å². The zero-order valence-corrected chi connectivity index (χ0v) is 11.9. The first-order chi connectivity index (χ1) is 9.09. The molecular weight excluding hydrogens is 238 g/mol. The Hall–Kier alpha value is -1.36. The Morgan fingerprint density at radius 1 is 1.26 bits per heavy atom. The van der Waals surface area contributed by atoms with E-state index in [1.807, 2.05) is 6.07 Å². The van der Waals surface area contributed by atoms with E-state index < -0.39 is 0 Å². The van der Waals surface area contributed by atoms with E-state index in [0.717, 1.165) is 30.6 Å². The van der Waals surface area contributed by atoms with Crippen LogP contribution in [0.4, 0.5) is 11.6 Å². The SMILES string of the molecule is CC(C)(CN)CNc1cc(NCC2CCC2)ncn1. The van der Waals surface area contributed by atoms with Gasteiger partial charge in [-0.05, 0) is 30.7 Å². The predicted molar refractivity (Wildman–Crippen MR) is 79.2 cm³/mol. The molecule has 2 rings (SSSR count). The average Bonchev–Trinajstić information content (AvgIpc) is 2.35. The summed E-state index contributed by atoms with van der Waals surface area (Å²) in [6, 6.07) is 1.96. The number of aromatic nitrogens is 2. The van der Waals surface area contributed by atoms with Crippen molar-refractivity contribution in [2.24, 2.45) is 17.1 Å². The summed E-state index contributed by atoms with van der Waals surface area (Å²) >= 11 is 0. The minimum Gasteiger partial charge on any atom is -0.370 e. The molecule has 5 heteroatoms. The second kappa shape index (κ2) is 6.19. The standard InChI is InChI=1S/C14H25N5/c1-14(2,8-15)9-17-13-6-12(18-10-19-13)16-7-11-4-3-5-11/h6,10-11H,3-5,7-9,15H2,1-2H3,(H2,16,17,18,19). The van der Waals surface area contributed by atoms with Gasteiger partial charge in [-0.3, -0.25) is 0 Å². The Kier molecular flexibility index (Phi) is 4.58. The summed E-state index contributed by atoms with van der Waals surface area (Å²) in [5, 5.41) is 6.70. The molecule has 0 amide bonds. The molecule has 1 heterocycles. The molecule has 0 atom stereocenters. The number of nitrogens with zero attached hydrogens (tertiary/aromatic N) is 2. The second-order valence-corrected chi connectivity index (χ2v) is 6.19. The van der Waals surface area contributed by atoms with Crippen molar-refractivity contribution in [3.8, 4) is 0 Å². The van der Waals surface area contributed by atoms with E-state index in [1.165, 1.54) is 19.3 Å². The lowest BCUT2D eigenvalue weighted by Crippen LogP contribution is -2.31. The zero-order chi connectivity index (χ0) is 13.7. The normalized spacial score (nSPS) is 15.9. The average molecular weight is 263 g/mol. The fourth-order valence-corrected chi connectivity index (χ4v) is 1.90. The Labute approximate surface area is 115 Å². The highest BCUT2D eigenvalue weighted by Gasteiger charge is 2.17. The molecule has 1 aliphatic carbocycles. The van der Waals surface area contributed by atoms with Crippen LogP contribution >= 0.6 is 0 Å². The minimum atomic E-state index is 0.0739. The van der Waals surface area contributed by atoms with Crippen LogP contribution in [0, 0.1) is 11.3 Å². The molecule has 1 saturated carbocycles. The van der Waals surface area contributed by atoms with E-state index >= 15 is 0 Å². The molecule has 0 saturated heterocycles. The van der Waals surface area contributed by atoms with Crippen LogP contribution in [0.15, 0.2) is 12.4 Å². The van der Waals surface area contributed by atoms with Gasteiger partial charge in [0.15, 0.2) is 0 Å². The van der Waals surface area contributed by atoms with Crippen molar-refractivity contribution in [3.05, 3.63) is 12.4 Å². The van der Waals surface area contributed by atoms with Crippen molar-refractivity contribution in [2.45, 2.75) is 33.1 Å². The van der Waals surface area contributed by atoms with Crippen molar-refractivity contribution >= 4 is 11.6 Å². The topological polar surface area (TPSA) is 75.9 Å². The highest BCUT2D eigenvalue weighted by atomic mass is 15.1. The number of hydrogen-bond donors (Lipinski definition) is 3. The number of rotatable bonds is 7. The van der Waals surface area contributed by atoms with Gasteiger partial charge in [0.2, 0.25) is 0 Å². The van der Waals surface area contributed by atoms with Crippen LogP contribution in [0.5, 0.6) is 0 Å². The molecule has 1 aromatic rings. The largest absolute Gasteiger partial charge is 0.370 e. The molecule has 1 aromatic heterocycles. The third-order valence-electron chi connectivity index (χ3n) is 3.76. The molecular formula is C14H25N5. The molecule has 0 unspecified atom stereocenters. The highest BCUT2D eigenvalue weighted by Crippen LogP contribution is 2.26. The summed E-state index contributed by atoms with van der Waals surface area (Å²) in [5.74, 6) is 2.57. The van der Waals surface area contributed by atoms with Gasteiger partial charge in [0.05, 0.1) is 0 Å². The van der Waals surface area contributed by atoms with Gasteiger partial charge in [-0.25, -0.2) is 9.97 Å². The van der Waals surface area contributed by atoms with E-state index in [4.69, 9.17) is 5.73 Å². The molecule has 0 spiro atoms. The maximum Gasteiger partial charge on any atom is 0.131 e. The molecule has 0 bridgehead atoms. The summed E-state index contributed by atoms with van der Waals surface area (Å²) in [6.45, 7) is 6.75. The maximum absolute atomic E-state index is 5.72. The maximum atomic E-state index is 5.72. The monoisotopic (exact) mass is 263 g/mol. The third-order valence-corrected chi connectivity index (χ3v) is 3.76. The van der Waals surface area contributed by atoms with E-state index in [1.54, 1.807) is 6.33 Å². The first-order valence-electron chi connectivity index (χ1n) is 7.09. The number of nitrogens with one attached hydrogen (secondary N) is 2. The number of hydrogen-bond acceptors (Lipinski definition) is 5. The lowest BCUT2D eigenvalue weighted by molar-refractivity contribution is 0.333. The Bertz CT molecular complexity index is 401. The lowest BCUT2D eigenvalue weighted by atomic mass is 9.85. The highest BCUT2D eigenvalue weighted by molar-refractivity contribution is 5.46. The fraction of sp³-hybridized carbons (Fsp3) is 0.714. The van der Waals surface area contributed by atoms with Gasteiger partial charge >= 0.3 is 0 Å². The van der Waals surface area contributed by atoms with Gasteiger partial charge in [0.25, 0.3) is 0 Å². The molecule has 0 radical (unpaired) electrons. The minimum absolute atomic E-state index is 0.0739. The van der Waals surface area contributed by atoms with Crippen LogP contribution in [-0.2, 0) is 0 Å². The first-order valence-corrected chi connectivity index (χ1v) is 7.09. The van der Waals surface area contributed by atoms with Gasteiger partial charge in [0, 0.05) is 19.2 Å². The Balaban J connectivity index is 1.83. The van der Waals surface area contributed by atoms with Gasteiger partial charge in [0.1, 0.15) is 18.0 Å². The van der Waals surface area contributed by atoms with Crippen molar-refractivity contribution in [1.82, 2.24) is 9.97 Å². The summed E-state index contributed by atoms with van der Waals surface area (Å²) < 4.78 is 0. The van der Waals surface area contributed by atoms with Crippen molar-refractivity contribution < 1.29 is 0 Å². The molecule has 0 aliphatic heterocycles. The van der Waals surface area contributed by atoms with E-state index in [0.29, 0.717) is 6.54 Å². The fourth-order valence-electron chi connectivity index (χ4n) is 1.90. The van der Waals surface area contributed by atoms with Crippen LogP contribution in [0.2, 0.25) is 0 Å². The van der Waals surface area contributed by atoms with Crippen LogP contribution in [0.25, 0.3) is 0 Å². The second-order valence-electron chi connectivity index (χ2n) is 6.19. The molecule has 4 N–H and O–H groups in total. The molecule has 5 nitrogen and oxygen atoms in total. The summed E-state index contributed by atoms with van der Waals surface area (Å²) in [5.41, 5.74) is 5.79. The van der Waals surface area contributed by atoms with E-state index in [9.17, 15) is 0 Å². The number of nitrogens with two attached hydrogens (primary N) is 1. The molecule has 1 fully saturated rings. The Morgan fingerprint density at radius 2 is 1.95 bits per heavy atom. The predicted octanol–water partition coefficient (Wildman–Crippen LogP) is 2.09.